The Labute approximate surface area is 42.5 Å². The summed E-state index contributed by atoms with van der Waals surface area (Å²) in [6, 6.07) is 0. The standard InChI is InChI=1S/Mg.H2N3.2H/c;1-3-2;;/h;1-2H;;/q+2;+1;2*-1. The smallest absolute Gasteiger partial charge is 1.00 e. The van der Waals surface area contributed by atoms with Crippen molar-refractivity contribution < 1.29 is 2.85 Å². The van der Waals surface area contributed by atoms with Crippen LogP contribution in [0.15, 0.2) is 0 Å². The Morgan fingerprint density at radius 2 is 1.50 bits per heavy atom. The van der Waals surface area contributed by atoms with E-state index < -0.39 is 0 Å². The van der Waals surface area contributed by atoms with Gasteiger partial charge < -0.3 is 2.85 Å². The number of nitrogens with one attached hydrogen (secondary N) is 2. The second-order valence-electron chi connectivity index (χ2n) is 0.112. The summed E-state index contributed by atoms with van der Waals surface area (Å²) in [7, 11) is 0. The molecule has 0 rings (SSSR count). The van der Waals surface area contributed by atoms with Crippen molar-refractivity contribution >= 4 is 23.1 Å². The van der Waals surface area contributed by atoms with Gasteiger partial charge in [0.15, 0.2) is 0 Å². The van der Waals surface area contributed by atoms with Crippen LogP contribution in [0, 0.1) is 11.1 Å². The van der Waals surface area contributed by atoms with Gasteiger partial charge in [-0.25, -0.2) is 0 Å². The van der Waals surface area contributed by atoms with E-state index in [9.17, 15) is 0 Å². The molecule has 0 fully saturated rings. The molecular formula is H4MgN3+. The zero-order valence-electron chi connectivity index (χ0n) is 4.15. The van der Waals surface area contributed by atoms with Crippen molar-refractivity contribution in [3.8, 4) is 0 Å². The van der Waals surface area contributed by atoms with Crippen LogP contribution in [-0.2, 0) is 0 Å². The molecule has 4 heteroatoms. The first kappa shape index (κ1) is 8.95. The van der Waals surface area contributed by atoms with Crippen LogP contribution in [0.3, 0.4) is 0 Å². The summed E-state index contributed by atoms with van der Waals surface area (Å²) in [5, 5.41) is 0. The maximum atomic E-state index is 5.50. The predicted octanol–water partition coefficient (Wildman–Crippen LogP) is -0.0403. The van der Waals surface area contributed by atoms with Crippen LogP contribution in [0.2, 0.25) is 0 Å². The van der Waals surface area contributed by atoms with Crippen LogP contribution >= 0.6 is 0 Å². The molecule has 4 heavy (non-hydrogen) atoms. The summed E-state index contributed by atoms with van der Waals surface area (Å²) in [5.41, 5.74) is 11.0. The molecule has 0 aliphatic rings. The van der Waals surface area contributed by atoms with Gasteiger partial charge in [0.2, 0.25) is 4.91 Å². The fourth-order valence-corrected chi connectivity index (χ4v) is 0. The molecule has 0 aromatic heterocycles. The van der Waals surface area contributed by atoms with E-state index in [4.69, 9.17) is 11.1 Å². The summed E-state index contributed by atoms with van der Waals surface area (Å²) in [5.74, 6) is 0. The third kappa shape index (κ3) is 414. The molecular weight excluding hydrogens is 66.3 g/mol. The average molecular weight is 70.4 g/mol. The van der Waals surface area contributed by atoms with Gasteiger partial charge in [-0.1, -0.05) is 0 Å². The van der Waals surface area contributed by atoms with E-state index in [1.54, 1.807) is 0 Å². The molecule has 2 N–H and O–H groups in total. The van der Waals surface area contributed by atoms with Crippen molar-refractivity contribution in [3.05, 3.63) is 0 Å². The fraction of sp³-hybridized carbons (Fsp3) is 0. The normalized spacial score (nSPS) is 2.00. The van der Waals surface area contributed by atoms with Crippen LogP contribution in [0.5, 0.6) is 0 Å². The SMILES string of the molecule is N=[N+]=N.[H-].[H-].[Mg+2]. The van der Waals surface area contributed by atoms with Crippen LogP contribution in [-0.4, -0.2) is 23.1 Å². The van der Waals surface area contributed by atoms with E-state index in [2.05, 4.69) is 0 Å². The number of rotatable bonds is 0. The molecule has 0 spiro atoms. The molecule has 0 atom stereocenters. The Kier molecular flexibility index (Phi) is 25.6. The summed E-state index contributed by atoms with van der Waals surface area (Å²) in [4.78, 5) is 2.00. The molecule has 3 nitrogen and oxygen atoms in total. The third-order valence-electron chi connectivity index (χ3n) is 0. The van der Waals surface area contributed by atoms with Crippen LogP contribution in [0.25, 0.3) is 0 Å². The summed E-state index contributed by atoms with van der Waals surface area (Å²) in [6.07, 6.45) is 0. The van der Waals surface area contributed by atoms with E-state index in [1.165, 1.54) is 0 Å². The summed E-state index contributed by atoms with van der Waals surface area (Å²) >= 11 is 0. The van der Waals surface area contributed by atoms with E-state index in [0.29, 0.717) is 0 Å². The minimum atomic E-state index is 0. The van der Waals surface area contributed by atoms with Gasteiger partial charge in [0.1, 0.15) is 11.1 Å². The van der Waals surface area contributed by atoms with Gasteiger partial charge in [0, 0.05) is 0 Å². The molecule has 0 unspecified atom stereocenters. The molecule has 0 amide bonds. The molecule has 0 aliphatic carbocycles. The van der Waals surface area contributed by atoms with Gasteiger partial charge >= 0.3 is 23.1 Å². The van der Waals surface area contributed by atoms with E-state index >= 15 is 0 Å². The number of nitrogens with zero attached hydrogens (tertiary/aromatic N) is 1. The Bertz CT molecular complexity index is 29.8. The summed E-state index contributed by atoms with van der Waals surface area (Å²) in [6.45, 7) is 0. The van der Waals surface area contributed by atoms with Crippen molar-refractivity contribution in [2.75, 3.05) is 0 Å². The fourth-order valence-electron chi connectivity index (χ4n) is 0. The Morgan fingerprint density at radius 1 is 1.50 bits per heavy atom. The molecule has 0 radical (unpaired) electrons. The van der Waals surface area contributed by atoms with Crippen LogP contribution in [0.1, 0.15) is 2.85 Å². The molecule has 20 valence electrons. The van der Waals surface area contributed by atoms with Gasteiger partial charge in [0.05, 0.1) is 0 Å². The van der Waals surface area contributed by atoms with Crippen LogP contribution in [0.4, 0.5) is 0 Å². The second-order valence-corrected chi connectivity index (χ2v) is 0.112. The first-order valence-electron chi connectivity index (χ1n) is 0.447. The molecule has 0 saturated heterocycles. The van der Waals surface area contributed by atoms with Crippen molar-refractivity contribution in [3.63, 3.8) is 0 Å². The Balaban J connectivity index is -0.00000000667. The van der Waals surface area contributed by atoms with E-state index in [1.807, 2.05) is 4.91 Å². The topological polar surface area (TPSA) is 61.8 Å². The summed E-state index contributed by atoms with van der Waals surface area (Å²) < 4.78 is 0. The largest absolute Gasteiger partial charge is 2.00 e. The number of hydrogen-bond donors (Lipinski definition) is 2. The minimum Gasteiger partial charge on any atom is -1.00 e. The van der Waals surface area contributed by atoms with Gasteiger partial charge in [-0.05, 0) is 0 Å². The predicted molar refractivity (Wildman–Crippen MR) is 15.6 cm³/mol. The van der Waals surface area contributed by atoms with E-state index in [-0.39, 0.29) is 25.9 Å². The Hall–Kier alpha value is 0.0762. The second kappa shape index (κ2) is 11.4. The van der Waals surface area contributed by atoms with Crippen molar-refractivity contribution in [2.24, 2.45) is 0 Å². The van der Waals surface area contributed by atoms with Gasteiger partial charge in [-0.15, -0.1) is 0 Å². The maximum absolute atomic E-state index is 5.50. The molecule has 0 aromatic rings. The molecule has 0 aliphatic heterocycles. The zero-order valence-corrected chi connectivity index (χ0v) is 3.57. The van der Waals surface area contributed by atoms with Gasteiger partial charge in [-0.2, -0.15) is 0 Å². The molecule has 0 aromatic carbocycles. The first-order chi connectivity index (χ1) is 1.41. The maximum Gasteiger partial charge on any atom is 2.00 e. The molecule has 0 heterocycles. The zero-order chi connectivity index (χ0) is 2.71. The van der Waals surface area contributed by atoms with E-state index in [0.717, 1.165) is 0 Å². The molecule has 0 bridgehead atoms. The Morgan fingerprint density at radius 3 is 1.50 bits per heavy atom. The van der Waals surface area contributed by atoms with Crippen LogP contribution < -0.4 is 4.91 Å². The monoisotopic (exact) mass is 70.0 g/mol. The average Bonchev–Trinajstić information content (AvgIpc) is 0.918. The quantitative estimate of drug-likeness (QED) is 0.228. The molecule has 0 saturated carbocycles. The minimum absolute atomic E-state index is 0. The van der Waals surface area contributed by atoms with Gasteiger partial charge in [-0.3, -0.25) is 0 Å². The number of hydrogen-bond acceptors (Lipinski definition) is 2. The van der Waals surface area contributed by atoms with Crippen molar-refractivity contribution in [1.29, 1.82) is 11.1 Å². The third-order valence-corrected chi connectivity index (χ3v) is 0. The van der Waals surface area contributed by atoms with Crippen molar-refractivity contribution in [1.82, 2.24) is 4.91 Å². The van der Waals surface area contributed by atoms with Crippen molar-refractivity contribution in [2.45, 2.75) is 0 Å². The van der Waals surface area contributed by atoms with Gasteiger partial charge in [0.25, 0.3) is 0 Å². The first-order valence-corrected chi connectivity index (χ1v) is 0.447.